The van der Waals surface area contributed by atoms with E-state index >= 15 is 0 Å². The molecule has 3 aliphatic rings. The molecule has 3 heterocycles. The molecule has 1 atom stereocenters. The van der Waals surface area contributed by atoms with Gasteiger partial charge in [0.15, 0.2) is 0 Å². The van der Waals surface area contributed by atoms with Gasteiger partial charge in [0.2, 0.25) is 5.91 Å². The second-order valence-corrected chi connectivity index (χ2v) is 8.52. The molecule has 1 N–H and O–H groups in total. The van der Waals surface area contributed by atoms with Crippen LogP contribution in [0.4, 0.5) is 0 Å². The number of hydrogen-bond donors (Lipinski definition) is 1. The molecule has 1 saturated carbocycles. The summed E-state index contributed by atoms with van der Waals surface area (Å²) in [5, 5.41) is 9.80. The Hall–Kier alpha value is -2.15. The Bertz CT molecular complexity index is 827. The summed E-state index contributed by atoms with van der Waals surface area (Å²) in [6, 6.07) is 3.18. The van der Waals surface area contributed by atoms with E-state index in [4.69, 9.17) is 0 Å². The number of amides is 2. The number of aliphatic hydroxyl groups excluding tert-OH is 1. The number of likely N-dealkylation sites (tertiary alicyclic amines) is 2. The van der Waals surface area contributed by atoms with Gasteiger partial charge in [-0.3, -0.25) is 14.4 Å². The molecule has 1 aromatic heterocycles. The van der Waals surface area contributed by atoms with Crippen LogP contribution in [-0.2, 0) is 11.8 Å². The molecule has 1 spiro atoms. The normalized spacial score (nSPS) is 30.9. The van der Waals surface area contributed by atoms with Crippen molar-refractivity contribution >= 4 is 11.8 Å². The molecule has 1 aromatic rings. The summed E-state index contributed by atoms with van der Waals surface area (Å²) < 4.78 is 1.43. The highest BCUT2D eigenvalue weighted by atomic mass is 16.3. The van der Waals surface area contributed by atoms with Crippen LogP contribution < -0.4 is 5.56 Å². The molecule has 1 unspecified atom stereocenters. The van der Waals surface area contributed by atoms with Crippen molar-refractivity contribution < 1.29 is 14.7 Å². The molecular weight excluding hydrogens is 358 g/mol. The highest BCUT2D eigenvalue weighted by Crippen LogP contribution is 2.41. The summed E-state index contributed by atoms with van der Waals surface area (Å²) >= 11 is 0. The van der Waals surface area contributed by atoms with Crippen molar-refractivity contribution in [1.82, 2.24) is 14.4 Å². The number of pyridine rings is 1. The first-order chi connectivity index (χ1) is 13.4. The highest BCUT2D eigenvalue weighted by molar-refractivity contribution is 6.00. The maximum Gasteiger partial charge on any atom is 0.255 e. The Balaban J connectivity index is 1.59. The largest absolute Gasteiger partial charge is 0.393 e. The number of nitrogens with zero attached hydrogens (tertiary/aromatic N) is 3. The molecular formula is C21H29N3O4. The Kier molecular flexibility index (Phi) is 5.04. The fourth-order valence-corrected chi connectivity index (χ4v) is 5.23. The second-order valence-electron chi connectivity index (χ2n) is 8.52. The van der Waals surface area contributed by atoms with Gasteiger partial charge in [-0.25, -0.2) is 0 Å². The van der Waals surface area contributed by atoms with Gasteiger partial charge in [0.05, 0.1) is 6.10 Å². The molecule has 4 rings (SSSR count). The lowest BCUT2D eigenvalue weighted by Gasteiger charge is -2.48. The molecule has 0 bridgehead atoms. The van der Waals surface area contributed by atoms with E-state index in [1.807, 2.05) is 4.90 Å². The Morgan fingerprint density at radius 2 is 1.79 bits per heavy atom. The number of aromatic nitrogens is 1. The molecule has 28 heavy (non-hydrogen) atoms. The standard InChI is InChI=1S/C21H29N3O4/c1-22-13-8-15(14-18(22)26)19(27)24-12-3-10-21(24)9-2-11-23(20(21)28)16-4-6-17(25)7-5-16/h8,13-14,16-17,25H,2-7,9-12H2,1H3. The molecule has 7 nitrogen and oxygen atoms in total. The number of carbonyl (C=O) groups excluding carboxylic acids is 2. The van der Waals surface area contributed by atoms with Crippen molar-refractivity contribution in [2.24, 2.45) is 7.05 Å². The number of piperidine rings is 1. The van der Waals surface area contributed by atoms with E-state index in [0.717, 1.165) is 45.1 Å². The van der Waals surface area contributed by atoms with Crippen LogP contribution in [0.25, 0.3) is 0 Å². The zero-order chi connectivity index (χ0) is 19.9. The Morgan fingerprint density at radius 1 is 1.11 bits per heavy atom. The smallest absolute Gasteiger partial charge is 0.255 e. The van der Waals surface area contributed by atoms with E-state index in [-0.39, 0.29) is 29.5 Å². The first-order valence-electron chi connectivity index (χ1n) is 10.4. The summed E-state index contributed by atoms with van der Waals surface area (Å²) in [5.41, 5.74) is -0.640. The SMILES string of the molecule is Cn1ccc(C(=O)N2CCCC23CCCN(C2CCC(O)CC2)C3=O)cc1=O. The summed E-state index contributed by atoms with van der Waals surface area (Å²) in [4.78, 5) is 42.5. The molecule has 3 fully saturated rings. The topological polar surface area (TPSA) is 82.8 Å². The molecule has 1 aliphatic carbocycles. The van der Waals surface area contributed by atoms with Crippen molar-refractivity contribution in [1.29, 1.82) is 0 Å². The molecule has 0 radical (unpaired) electrons. The molecule has 2 amide bonds. The van der Waals surface area contributed by atoms with Gasteiger partial charge in [-0.15, -0.1) is 0 Å². The van der Waals surface area contributed by atoms with Gasteiger partial charge in [-0.2, -0.15) is 0 Å². The Morgan fingerprint density at radius 3 is 2.46 bits per heavy atom. The Labute approximate surface area is 164 Å². The fraction of sp³-hybridized carbons (Fsp3) is 0.667. The van der Waals surface area contributed by atoms with Crippen LogP contribution in [0.15, 0.2) is 23.1 Å². The third kappa shape index (κ3) is 3.15. The minimum Gasteiger partial charge on any atom is -0.393 e. The maximum absolute atomic E-state index is 13.6. The summed E-state index contributed by atoms with van der Waals surface area (Å²) in [6.45, 7) is 1.28. The zero-order valence-electron chi connectivity index (χ0n) is 16.5. The van der Waals surface area contributed by atoms with Crippen molar-refractivity contribution in [2.75, 3.05) is 13.1 Å². The first-order valence-corrected chi connectivity index (χ1v) is 10.4. The molecule has 2 saturated heterocycles. The van der Waals surface area contributed by atoms with E-state index in [0.29, 0.717) is 24.9 Å². The number of rotatable bonds is 2. The molecule has 152 valence electrons. The summed E-state index contributed by atoms with van der Waals surface area (Å²) in [5.74, 6) is -0.153. The van der Waals surface area contributed by atoms with Gasteiger partial charge in [-0.05, 0) is 57.4 Å². The lowest BCUT2D eigenvalue weighted by Crippen LogP contribution is -2.63. The van der Waals surface area contributed by atoms with Crippen molar-refractivity contribution in [2.45, 2.75) is 69.1 Å². The van der Waals surface area contributed by atoms with Gasteiger partial charge in [0.25, 0.3) is 11.5 Å². The number of carbonyl (C=O) groups is 2. The van der Waals surface area contributed by atoms with Crippen molar-refractivity contribution in [3.05, 3.63) is 34.2 Å². The fourth-order valence-electron chi connectivity index (χ4n) is 5.23. The zero-order valence-corrected chi connectivity index (χ0v) is 16.5. The van der Waals surface area contributed by atoms with Crippen molar-refractivity contribution in [3.63, 3.8) is 0 Å². The van der Waals surface area contributed by atoms with Crippen molar-refractivity contribution in [3.8, 4) is 0 Å². The minimum atomic E-state index is -0.771. The third-order valence-corrected chi connectivity index (χ3v) is 6.84. The first kappa shape index (κ1) is 19.2. The van der Waals surface area contributed by atoms with Crippen LogP contribution in [0, 0.1) is 0 Å². The van der Waals surface area contributed by atoms with Crippen LogP contribution in [0.3, 0.4) is 0 Å². The van der Waals surface area contributed by atoms with Crippen LogP contribution in [0.5, 0.6) is 0 Å². The van der Waals surface area contributed by atoms with Crippen LogP contribution >= 0.6 is 0 Å². The number of hydrogen-bond acceptors (Lipinski definition) is 4. The predicted octanol–water partition coefficient (Wildman–Crippen LogP) is 1.29. The number of aryl methyl sites for hydroxylation is 1. The molecule has 0 aromatic carbocycles. The average Bonchev–Trinajstić information content (AvgIpc) is 3.11. The molecule has 2 aliphatic heterocycles. The minimum absolute atomic E-state index is 0.0647. The average molecular weight is 387 g/mol. The van der Waals surface area contributed by atoms with E-state index in [1.165, 1.54) is 10.6 Å². The number of aliphatic hydroxyl groups is 1. The summed E-state index contributed by atoms with van der Waals surface area (Å²) in [7, 11) is 1.65. The van der Waals surface area contributed by atoms with Gasteiger partial charge in [0.1, 0.15) is 5.54 Å². The van der Waals surface area contributed by atoms with E-state index < -0.39 is 5.54 Å². The second kappa shape index (κ2) is 7.35. The quantitative estimate of drug-likeness (QED) is 0.829. The third-order valence-electron chi connectivity index (χ3n) is 6.84. The van der Waals surface area contributed by atoms with Gasteiger partial charge in [0, 0.05) is 44.0 Å². The van der Waals surface area contributed by atoms with E-state index in [1.54, 1.807) is 24.2 Å². The van der Waals surface area contributed by atoms with E-state index in [9.17, 15) is 19.5 Å². The highest BCUT2D eigenvalue weighted by Gasteiger charge is 2.53. The van der Waals surface area contributed by atoms with Gasteiger partial charge in [-0.1, -0.05) is 0 Å². The van der Waals surface area contributed by atoms with Crippen LogP contribution in [0.1, 0.15) is 61.7 Å². The van der Waals surface area contributed by atoms with E-state index in [2.05, 4.69) is 0 Å². The lowest BCUT2D eigenvalue weighted by atomic mass is 9.82. The maximum atomic E-state index is 13.6. The van der Waals surface area contributed by atoms with Gasteiger partial charge < -0.3 is 19.5 Å². The van der Waals surface area contributed by atoms with Gasteiger partial charge >= 0.3 is 0 Å². The summed E-state index contributed by atoms with van der Waals surface area (Å²) in [6.07, 6.45) is 7.52. The predicted molar refractivity (Wildman–Crippen MR) is 104 cm³/mol. The monoisotopic (exact) mass is 387 g/mol. The lowest BCUT2D eigenvalue weighted by molar-refractivity contribution is -0.149. The van der Waals surface area contributed by atoms with Crippen LogP contribution in [0.2, 0.25) is 0 Å². The van der Waals surface area contributed by atoms with Crippen LogP contribution in [-0.4, -0.2) is 62.1 Å². The molecule has 7 heteroatoms.